The number of hydrogen-bond acceptors (Lipinski definition) is 2. The van der Waals surface area contributed by atoms with E-state index in [1.54, 1.807) is 0 Å². The lowest BCUT2D eigenvalue weighted by atomic mass is 10.2. The SMILES string of the molecule is CC1NN(C)C(C2CC2)=C1F. The first-order valence-electron chi connectivity index (χ1n) is 4.09. The molecule has 1 atom stereocenters. The molecule has 0 amide bonds. The molecular weight excluding hydrogens is 143 g/mol. The van der Waals surface area contributed by atoms with Gasteiger partial charge < -0.3 is 5.01 Å². The van der Waals surface area contributed by atoms with Crippen molar-refractivity contribution in [3.63, 3.8) is 0 Å². The monoisotopic (exact) mass is 156 g/mol. The van der Waals surface area contributed by atoms with Gasteiger partial charge in [0.25, 0.3) is 0 Å². The number of allylic oxidation sites excluding steroid dienone is 1. The average Bonchev–Trinajstić information content (AvgIpc) is 2.68. The van der Waals surface area contributed by atoms with Crippen LogP contribution in [0.15, 0.2) is 11.5 Å². The molecule has 0 bridgehead atoms. The summed E-state index contributed by atoms with van der Waals surface area (Å²) in [6.07, 6.45) is 2.31. The first kappa shape index (κ1) is 7.10. The Bertz CT molecular complexity index is 208. The Labute approximate surface area is 66.0 Å². The topological polar surface area (TPSA) is 15.3 Å². The standard InChI is InChI=1S/C8H13FN2/c1-5-7(9)8(6-3-4-6)11(2)10-5/h5-6,10H,3-4H2,1-2H3. The summed E-state index contributed by atoms with van der Waals surface area (Å²) in [6.45, 7) is 1.85. The second kappa shape index (κ2) is 2.21. The molecule has 62 valence electrons. The fraction of sp³-hybridized carbons (Fsp3) is 0.750. The van der Waals surface area contributed by atoms with Gasteiger partial charge in [0.05, 0.1) is 11.7 Å². The van der Waals surface area contributed by atoms with Crippen LogP contribution in [-0.4, -0.2) is 18.1 Å². The highest BCUT2D eigenvalue weighted by Crippen LogP contribution is 2.41. The summed E-state index contributed by atoms with van der Waals surface area (Å²) in [5.41, 5.74) is 3.91. The van der Waals surface area contributed by atoms with Crippen molar-refractivity contribution in [2.75, 3.05) is 7.05 Å². The maximum absolute atomic E-state index is 13.3. The van der Waals surface area contributed by atoms with Gasteiger partial charge in [0.2, 0.25) is 0 Å². The number of nitrogens with one attached hydrogen (secondary N) is 1. The van der Waals surface area contributed by atoms with Gasteiger partial charge in [-0.3, -0.25) is 0 Å². The fourth-order valence-electron chi connectivity index (χ4n) is 1.62. The predicted octanol–water partition coefficient (Wildman–Crippen LogP) is 1.42. The first-order valence-corrected chi connectivity index (χ1v) is 4.09. The van der Waals surface area contributed by atoms with Crippen LogP contribution in [0.3, 0.4) is 0 Å². The van der Waals surface area contributed by atoms with Gasteiger partial charge in [0.1, 0.15) is 5.83 Å². The maximum atomic E-state index is 13.3. The number of hydrogen-bond donors (Lipinski definition) is 1. The zero-order valence-corrected chi connectivity index (χ0v) is 6.89. The van der Waals surface area contributed by atoms with E-state index >= 15 is 0 Å². The van der Waals surface area contributed by atoms with E-state index < -0.39 is 0 Å². The molecule has 1 heterocycles. The van der Waals surface area contributed by atoms with Crippen LogP contribution < -0.4 is 5.43 Å². The molecule has 0 aromatic heterocycles. The Morgan fingerprint density at radius 2 is 2.18 bits per heavy atom. The van der Waals surface area contributed by atoms with Gasteiger partial charge >= 0.3 is 0 Å². The molecule has 0 aromatic rings. The van der Waals surface area contributed by atoms with Gasteiger partial charge in [0, 0.05) is 13.0 Å². The molecule has 1 aliphatic heterocycles. The van der Waals surface area contributed by atoms with E-state index in [1.807, 2.05) is 19.0 Å². The minimum Gasteiger partial charge on any atom is -0.312 e. The molecule has 2 aliphatic rings. The molecule has 1 aliphatic carbocycles. The molecule has 3 heteroatoms. The van der Waals surface area contributed by atoms with Crippen LogP contribution in [-0.2, 0) is 0 Å². The van der Waals surface area contributed by atoms with Crippen LogP contribution in [0.5, 0.6) is 0 Å². The normalized spacial score (nSPS) is 31.9. The van der Waals surface area contributed by atoms with E-state index in [9.17, 15) is 4.39 Å². The van der Waals surface area contributed by atoms with E-state index in [0.717, 1.165) is 18.5 Å². The van der Waals surface area contributed by atoms with Crippen molar-refractivity contribution in [3.05, 3.63) is 11.5 Å². The fourth-order valence-corrected chi connectivity index (χ4v) is 1.62. The van der Waals surface area contributed by atoms with Crippen molar-refractivity contribution in [2.45, 2.75) is 25.8 Å². The molecule has 1 fully saturated rings. The number of nitrogens with zero attached hydrogens (tertiary/aromatic N) is 1. The largest absolute Gasteiger partial charge is 0.312 e. The molecule has 0 aromatic carbocycles. The summed E-state index contributed by atoms with van der Waals surface area (Å²) in [4.78, 5) is 0. The lowest BCUT2D eigenvalue weighted by Gasteiger charge is -2.15. The Kier molecular flexibility index (Phi) is 1.42. The van der Waals surface area contributed by atoms with Crippen molar-refractivity contribution in [3.8, 4) is 0 Å². The smallest absolute Gasteiger partial charge is 0.139 e. The van der Waals surface area contributed by atoms with Crippen LogP contribution in [0.1, 0.15) is 19.8 Å². The second-order valence-electron chi connectivity index (χ2n) is 3.42. The highest BCUT2D eigenvalue weighted by molar-refractivity contribution is 5.22. The molecule has 2 rings (SSSR count). The van der Waals surface area contributed by atoms with Gasteiger partial charge in [-0.15, -0.1) is 0 Å². The van der Waals surface area contributed by atoms with E-state index in [1.165, 1.54) is 0 Å². The maximum Gasteiger partial charge on any atom is 0.139 e. The lowest BCUT2D eigenvalue weighted by molar-refractivity contribution is 0.301. The molecule has 0 saturated heterocycles. The number of rotatable bonds is 1. The van der Waals surface area contributed by atoms with E-state index in [2.05, 4.69) is 5.43 Å². The molecule has 0 spiro atoms. The van der Waals surface area contributed by atoms with Gasteiger partial charge in [-0.2, -0.15) is 0 Å². The van der Waals surface area contributed by atoms with Crippen LogP contribution >= 0.6 is 0 Å². The van der Waals surface area contributed by atoms with E-state index in [-0.39, 0.29) is 11.9 Å². The highest BCUT2D eigenvalue weighted by atomic mass is 19.1. The van der Waals surface area contributed by atoms with Crippen molar-refractivity contribution in [1.82, 2.24) is 10.4 Å². The molecule has 1 N–H and O–H groups in total. The van der Waals surface area contributed by atoms with Crippen LogP contribution in [0.4, 0.5) is 4.39 Å². The second-order valence-corrected chi connectivity index (χ2v) is 3.42. The highest BCUT2D eigenvalue weighted by Gasteiger charge is 2.37. The quantitative estimate of drug-likeness (QED) is 0.617. The van der Waals surface area contributed by atoms with Crippen LogP contribution in [0.25, 0.3) is 0 Å². The number of halogens is 1. The Morgan fingerprint density at radius 1 is 1.55 bits per heavy atom. The van der Waals surface area contributed by atoms with Gasteiger partial charge in [-0.05, 0) is 19.8 Å². The molecular formula is C8H13FN2. The Morgan fingerprint density at radius 3 is 2.55 bits per heavy atom. The summed E-state index contributed by atoms with van der Waals surface area (Å²) in [7, 11) is 1.89. The van der Waals surface area contributed by atoms with Crippen molar-refractivity contribution < 1.29 is 4.39 Å². The summed E-state index contributed by atoms with van der Waals surface area (Å²) in [5.74, 6) is 0.535. The third-order valence-corrected chi connectivity index (χ3v) is 2.34. The lowest BCUT2D eigenvalue weighted by Crippen LogP contribution is -2.32. The molecule has 1 saturated carbocycles. The Hall–Kier alpha value is -0.570. The van der Waals surface area contributed by atoms with Crippen LogP contribution in [0.2, 0.25) is 0 Å². The first-order chi connectivity index (χ1) is 5.20. The molecule has 11 heavy (non-hydrogen) atoms. The van der Waals surface area contributed by atoms with Gasteiger partial charge in [0.15, 0.2) is 0 Å². The van der Waals surface area contributed by atoms with Crippen molar-refractivity contribution in [2.24, 2.45) is 5.92 Å². The summed E-state index contributed by atoms with van der Waals surface area (Å²) in [5, 5.41) is 1.83. The Balaban J connectivity index is 2.23. The van der Waals surface area contributed by atoms with Crippen molar-refractivity contribution >= 4 is 0 Å². The van der Waals surface area contributed by atoms with Crippen molar-refractivity contribution in [1.29, 1.82) is 0 Å². The average molecular weight is 156 g/mol. The van der Waals surface area contributed by atoms with E-state index in [0.29, 0.717) is 5.92 Å². The van der Waals surface area contributed by atoms with Crippen LogP contribution in [0, 0.1) is 5.92 Å². The summed E-state index contributed by atoms with van der Waals surface area (Å²) >= 11 is 0. The zero-order valence-electron chi connectivity index (χ0n) is 6.89. The third kappa shape index (κ3) is 1.03. The summed E-state index contributed by atoms with van der Waals surface area (Å²) in [6, 6.07) is -0.115. The summed E-state index contributed by atoms with van der Waals surface area (Å²) < 4.78 is 13.3. The molecule has 0 radical (unpaired) electrons. The van der Waals surface area contributed by atoms with Gasteiger partial charge in [-0.1, -0.05) is 0 Å². The number of hydrazine groups is 1. The minimum atomic E-state index is -0.115. The van der Waals surface area contributed by atoms with Gasteiger partial charge in [-0.25, -0.2) is 9.82 Å². The third-order valence-electron chi connectivity index (χ3n) is 2.34. The molecule has 1 unspecified atom stereocenters. The predicted molar refractivity (Wildman–Crippen MR) is 41.2 cm³/mol. The molecule has 2 nitrogen and oxygen atoms in total. The van der Waals surface area contributed by atoms with E-state index in [4.69, 9.17) is 0 Å². The zero-order chi connectivity index (χ0) is 8.01. The minimum absolute atomic E-state index is 0.0370.